The first-order valence-corrected chi connectivity index (χ1v) is 19.6. The molecule has 4 N–H and O–H groups in total. The number of ether oxygens (including phenoxy) is 4. The van der Waals surface area contributed by atoms with Gasteiger partial charge >= 0.3 is 35.8 Å². The standard InChI is InChI=1S/C23H36O7.C17H28O7/c1-4-21(2,3)20(28)30-13-17(24)12-29-19(27)11-23-8-15-5-16(9-23)7-22(6-15,14-23)10-18(25)26;1-4-17(2,3)16(22)24-10-13(18)9-23-15(21)12-7-5-6-11(8-12)14(19)20/h15-17,24H,4-14H2,1-3H3,(H,25,26);11-13,18H,4-10H2,1-3H3,(H,19,20). The van der Waals surface area contributed by atoms with E-state index in [0.717, 1.165) is 38.5 Å². The molecular weight excluding hydrogens is 704 g/mol. The maximum Gasteiger partial charge on any atom is 0.311 e. The van der Waals surface area contributed by atoms with Gasteiger partial charge in [0.25, 0.3) is 0 Å². The number of esters is 4. The van der Waals surface area contributed by atoms with Gasteiger partial charge in [0, 0.05) is 0 Å². The molecule has 0 aromatic rings. The molecule has 0 spiro atoms. The number of aliphatic hydroxyl groups is 2. The lowest BCUT2D eigenvalue weighted by atomic mass is 9.43. The van der Waals surface area contributed by atoms with Gasteiger partial charge in [0.15, 0.2) is 0 Å². The summed E-state index contributed by atoms with van der Waals surface area (Å²) in [5.41, 5.74) is -1.57. The van der Waals surface area contributed by atoms with Gasteiger partial charge in [0.05, 0.1) is 35.5 Å². The van der Waals surface area contributed by atoms with Gasteiger partial charge in [-0.1, -0.05) is 20.3 Å². The number of hydrogen-bond acceptors (Lipinski definition) is 12. The van der Waals surface area contributed by atoms with Crippen molar-refractivity contribution >= 4 is 35.8 Å². The molecule has 0 radical (unpaired) electrons. The van der Waals surface area contributed by atoms with Crippen LogP contribution in [0.1, 0.15) is 131 Å². The van der Waals surface area contributed by atoms with Gasteiger partial charge in [-0.15, -0.1) is 0 Å². The fourth-order valence-electron chi connectivity index (χ4n) is 8.97. The third kappa shape index (κ3) is 12.9. The smallest absolute Gasteiger partial charge is 0.311 e. The summed E-state index contributed by atoms with van der Waals surface area (Å²) in [6.45, 7) is 9.92. The molecule has 54 heavy (non-hydrogen) atoms. The first-order chi connectivity index (χ1) is 25.1. The Morgan fingerprint density at radius 2 is 1.09 bits per heavy atom. The summed E-state index contributed by atoms with van der Waals surface area (Å²) in [7, 11) is 0. The number of aliphatic carboxylic acids is 2. The van der Waals surface area contributed by atoms with Crippen LogP contribution in [-0.4, -0.2) is 94.9 Å². The van der Waals surface area contributed by atoms with Crippen LogP contribution in [0.2, 0.25) is 0 Å². The minimum Gasteiger partial charge on any atom is -0.481 e. The molecule has 0 amide bonds. The monoisotopic (exact) mass is 768 g/mol. The van der Waals surface area contributed by atoms with Crippen molar-refractivity contribution in [1.29, 1.82) is 0 Å². The first-order valence-electron chi connectivity index (χ1n) is 19.6. The predicted molar refractivity (Wildman–Crippen MR) is 193 cm³/mol. The summed E-state index contributed by atoms with van der Waals surface area (Å²) in [5.74, 6) is -3.25. The molecule has 0 aromatic heterocycles. The molecule has 14 nitrogen and oxygen atoms in total. The predicted octanol–water partition coefficient (Wildman–Crippen LogP) is 5.08. The third-order valence-corrected chi connectivity index (χ3v) is 12.2. The zero-order valence-corrected chi connectivity index (χ0v) is 33.1. The Kier molecular flexibility index (Phi) is 15.9. The van der Waals surface area contributed by atoms with Crippen molar-refractivity contribution in [3.63, 3.8) is 0 Å². The van der Waals surface area contributed by atoms with E-state index in [4.69, 9.17) is 24.1 Å². The Bertz CT molecular complexity index is 1320. The topological polar surface area (TPSA) is 220 Å². The summed E-state index contributed by atoms with van der Waals surface area (Å²) in [6.07, 6.45) is 7.45. The zero-order chi connectivity index (χ0) is 40.5. The number of carbonyl (C=O) groups excluding carboxylic acids is 4. The molecule has 6 unspecified atom stereocenters. The largest absolute Gasteiger partial charge is 0.481 e. The Hall–Kier alpha value is -3.26. The molecule has 14 heteroatoms. The Labute approximate surface area is 319 Å². The molecule has 5 fully saturated rings. The van der Waals surface area contributed by atoms with Crippen molar-refractivity contribution in [2.75, 3.05) is 26.4 Å². The average Bonchev–Trinajstić information content (AvgIpc) is 3.09. The van der Waals surface area contributed by atoms with Gasteiger partial charge in [-0.3, -0.25) is 28.8 Å². The quantitative estimate of drug-likeness (QED) is 0.106. The summed E-state index contributed by atoms with van der Waals surface area (Å²) < 4.78 is 20.5. The fourth-order valence-corrected chi connectivity index (χ4v) is 8.97. The number of aliphatic hydroxyl groups excluding tert-OH is 2. The maximum absolute atomic E-state index is 12.5. The number of hydrogen-bond donors (Lipinski definition) is 4. The van der Waals surface area contributed by atoms with E-state index in [9.17, 15) is 44.1 Å². The minimum atomic E-state index is -1.09. The Balaban J connectivity index is 0.000000299. The number of carboxylic acids is 2. The van der Waals surface area contributed by atoms with Crippen LogP contribution < -0.4 is 0 Å². The fraction of sp³-hybridized carbons (Fsp3) is 0.850. The molecule has 308 valence electrons. The molecule has 5 rings (SSSR count). The van der Waals surface area contributed by atoms with Crippen LogP contribution in [-0.2, 0) is 47.7 Å². The molecule has 0 aliphatic heterocycles. The van der Waals surface area contributed by atoms with Crippen molar-refractivity contribution < 1.29 is 68.1 Å². The lowest BCUT2D eigenvalue weighted by molar-refractivity contribution is -0.167. The number of carbonyl (C=O) groups is 6. The van der Waals surface area contributed by atoms with Crippen LogP contribution in [0.15, 0.2) is 0 Å². The summed E-state index contributed by atoms with van der Waals surface area (Å²) >= 11 is 0. The van der Waals surface area contributed by atoms with Crippen molar-refractivity contribution in [2.24, 2.45) is 45.3 Å². The lowest BCUT2D eigenvalue weighted by Gasteiger charge is -2.61. The Morgan fingerprint density at radius 1 is 0.648 bits per heavy atom. The second-order valence-corrected chi connectivity index (χ2v) is 17.9. The van der Waals surface area contributed by atoms with Crippen LogP contribution in [0.4, 0.5) is 0 Å². The summed E-state index contributed by atoms with van der Waals surface area (Å²) in [4.78, 5) is 70.7. The van der Waals surface area contributed by atoms with Gasteiger partial charge in [-0.25, -0.2) is 0 Å². The van der Waals surface area contributed by atoms with E-state index in [1.165, 1.54) is 0 Å². The van der Waals surface area contributed by atoms with Crippen LogP contribution in [0.3, 0.4) is 0 Å². The van der Waals surface area contributed by atoms with Crippen LogP contribution >= 0.6 is 0 Å². The highest BCUT2D eigenvalue weighted by molar-refractivity contribution is 5.77. The Morgan fingerprint density at radius 3 is 1.56 bits per heavy atom. The number of rotatable bonds is 18. The first kappa shape index (κ1) is 45.1. The van der Waals surface area contributed by atoms with Crippen LogP contribution in [0.25, 0.3) is 0 Å². The van der Waals surface area contributed by atoms with E-state index in [-0.39, 0.29) is 68.5 Å². The summed E-state index contributed by atoms with van der Waals surface area (Å²) in [6, 6.07) is 0. The molecular formula is C40H64O14. The molecule has 4 bridgehead atoms. The van der Waals surface area contributed by atoms with Crippen molar-refractivity contribution in [2.45, 2.75) is 144 Å². The van der Waals surface area contributed by atoms with E-state index < -0.39 is 58.8 Å². The van der Waals surface area contributed by atoms with Crippen LogP contribution in [0.5, 0.6) is 0 Å². The lowest BCUT2D eigenvalue weighted by Crippen LogP contribution is -2.53. The van der Waals surface area contributed by atoms with E-state index in [0.29, 0.717) is 43.9 Å². The van der Waals surface area contributed by atoms with E-state index in [1.54, 1.807) is 27.7 Å². The molecule has 5 aliphatic carbocycles. The van der Waals surface area contributed by atoms with Gasteiger partial charge in [-0.2, -0.15) is 0 Å². The van der Waals surface area contributed by atoms with E-state index >= 15 is 0 Å². The normalized spacial score (nSPS) is 28.4. The van der Waals surface area contributed by atoms with Crippen molar-refractivity contribution in [1.82, 2.24) is 0 Å². The third-order valence-electron chi connectivity index (χ3n) is 12.2. The van der Waals surface area contributed by atoms with Crippen molar-refractivity contribution in [3.05, 3.63) is 0 Å². The highest BCUT2D eigenvalue weighted by Gasteiger charge is 2.58. The van der Waals surface area contributed by atoms with Gasteiger partial charge < -0.3 is 39.4 Å². The SMILES string of the molecule is CCC(C)(C)C(=O)OCC(O)COC(=O)C1CCCC(C(=O)O)C1.CCC(C)(C)C(=O)OCC(O)COC(=O)CC12CC3CC(CC(CC(=O)O)(C3)C1)C2. The number of carboxylic acid groups (broad SMARTS) is 2. The van der Waals surface area contributed by atoms with Gasteiger partial charge in [-0.05, 0) is 121 Å². The minimum absolute atomic E-state index is 0.167. The van der Waals surface area contributed by atoms with Crippen molar-refractivity contribution in [3.8, 4) is 0 Å². The van der Waals surface area contributed by atoms with Gasteiger partial charge in [0.1, 0.15) is 38.6 Å². The molecule has 0 aromatic carbocycles. The summed E-state index contributed by atoms with van der Waals surface area (Å²) in [5, 5.41) is 38.2. The van der Waals surface area contributed by atoms with E-state index in [2.05, 4.69) is 0 Å². The van der Waals surface area contributed by atoms with Crippen LogP contribution in [0, 0.1) is 45.3 Å². The van der Waals surface area contributed by atoms with Gasteiger partial charge in [0.2, 0.25) is 0 Å². The average molecular weight is 769 g/mol. The molecule has 6 atom stereocenters. The second-order valence-electron chi connectivity index (χ2n) is 17.9. The highest BCUT2D eigenvalue weighted by atomic mass is 16.6. The molecule has 5 aliphatic rings. The second kappa shape index (κ2) is 19.1. The molecule has 5 saturated carbocycles. The molecule has 0 heterocycles. The molecule has 0 saturated heterocycles. The van der Waals surface area contributed by atoms with E-state index in [1.807, 2.05) is 13.8 Å². The maximum atomic E-state index is 12.5. The zero-order valence-electron chi connectivity index (χ0n) is 33.1. The highest BCUT2D eigenvalue weighted by Crippen LogP contribution is 2.67.